The van der Waals surface area contributed by atoms with E-state index in [9.17, 15) is 24.8 Å². The zero-order valence-electron chi connectivity index (χ0n) is 24.0. The summed E-state index contributed by atoms with van der Waals surface area (Å²) in [7, 11) is 0.733. The Labute approximate surface area is 236 Å². The molecule has 1 heterocycles. The van der Waals surface area contributed by atoms with E-state index in [1.54, 1.807) is 37.5 Å². The van der Waals surface area contributed by atoms with Crippen LogP contribution in [-0.4, -0.2) is 77.1 Å². The van der Waals surface area contributed by atoms with Gasteiger partial charge in [-0.2, -0.15) is 5.10 Å². The van der Waals surface area contributed by atoms with E-state index in [1.807, 2.05) is 20.8 Å². The molecule has 3 N–H and O–H groups in total. The summed E-state index contributed by atoms with van der Waals surface area (Å²) in [6, 6.07) is 5.15. The number of fused-ring (bicyclic) bond motifs is 1. The van der Waals surface area contributed by atoms with Gasteiger partial charge in [0.2, 0.25) is 0 Å². The van der Waals surface area contributed by atoms with Crippen LogP contribution in [0.25, 0.3) is 0 Å². The normalized spacial score (nSPS) is 40.5. The van der Waals surface area contributed by atoms with Crippen molar-refractivity contribution in [2.24, 2.45) is 39.1 Å². The summed E-state index contributed by atoms with van der Waals surface area (Å²) in [5, 5.41) is 37.1. The fraction of sp³-hybridized carbons (Fsp3) is 0.633. The Morgan fingerprint density at radius 2 is 2.00 bits per heavy atom. The predicted molar refractivity (Wildman–Crippen MR) is 151 cm³/mol. The van der Waals surface area contributed by atoms with Crippen LogP contribution in [0.5, 0.6) is 5.75 Å². The number of Topliss-reactive ketones (excluding diaryl/α,β-unsaturated/α-hetero) is 1. The van der Waals surface area contributed by atoms with Gasteiger partial charge in [0.05, 0.1) is 12.3 Å². The minimum absolute atomic E-state index is 0.0379. The van der Waals surface area contributed by atoms with E-state index in [4.69, 9.17) is 9.47 Å². The van der Waals surface area contributed by atoms with Gasteiger partial charge >= 0.3 is 13.0 Å². The number of esters is 1. The molecule has 216 valence electrons. The van der Waals surface area contributed by atoms with Gasteiger partial charge in [-0.3, -0.25) is 4.79 Å². The summed E-state index contributed by atoms with van der Waals surface area (Å²) >= 11 is 0. The van der Waals surface area contributed by atoms with Crippen LogP contribution in [0, 0.1) is 34.0 Å². The highest BCUT2D eigenvalue weighted by Gasteiger charge is 2.70. The maximum Gasteiger partial charge on any atom is 0.466 e. The Hall–Kier alpha value is -2.69. The van der Waals surface area contributed by atoms with Gasteiger partial charge in [-0.05, 0) is 66.1 Å². The van der Waals surface area contributed by atoms with E-state index in [0.717, 1.165) is 18.4 Å². The molecular formula is C30H41BN2O7. The van der Waals surface area contributed by atoms with Crippen LogP contribution < -0.4 is 10.2 Å². The Morgan fingerprint density at radius 1 is 1.27 bits per heavy atom. The molecule has 40 heavy (non-hydrogen) atoms. The monoisotopic (exact) mass is 552 g/mol. The Kier molecular flexibility index (Phi) is 7.20. The van der Waals surface area contributed by atoms with Crippen LogP contribution >= 0.6 is 0 Å². The fourth-order valence-electron chi connectivity index (χ4n) is 8.22. The highest BCUT2D eigenvalue weighted by Crippen LogP contribution is 2.68. The lowest BCUT2D eigenvalue weighted by molar-refractivity contribution is -0.207. The average molecular weight is 552 g/mol. The molecule has 10 heteroatoms. The molecule has 2 bridgehead atoms. The summed E-state index contributed by atoms with van der Waals surface area (Å²) in [5.41, 5.74) is -0.741. The lowest BCUT2D eigenvalue weighted by atomic mass is 9.44. The summed E-state index contributed by atoms with van der Waals surface area (Å²) in [6.07, 6.45) is 2.86. The third-order valence-electron chi connectivity index (χ3n) is 11.0. The first kappa shape index (κ1) is 28.8. The zero-order valence-corrected chi connectivity index (χ0v) is 24.0. The van der Waals surface area contributed by atoms with Gasteiger partial charge in [0.25, 0.3) is 0 Å². The number of hydrogen-bond acceptors (Lipinski definition) is 9. The zero-order chi connectivity index (χ0) is 29.2. The highest BCUT2D eigenvalue weighted by atomic mass is 16.6. The number of hydrogen-bond donors (Lipinski definition) is 3. The van der Waals surface area contributed by atoms with Crippen LogP contribution in [-0.2, 0) is 14.3 Å². The van der Waals surface area contributed by atoms with Crippen molar-refractivity contribution < 1.29 is 34.3 Å². The smallest absolute Gasteiger partial charge is 0.466 e. The molecule has 3 aliphatic carbocycles. The van der Waals surface area contributed by atoms with Crippen molar-refractivity contribution in [1.29, 1.82) is 0 Å². The highest BCUT2D eigenvalue weighted by molar-refractivity contribution is 6.65. The molecule has 0 unspecified atom stereocenters. The standard InChI is InChI=1S/C30H41BN2O7/c1-7-28(4)14-23(40-24(35)16-39-20-9-8-19-15-32-33(6)31(38)21(19)12-20)29(5)17(2)10-11-30(18(3)27(28)37)13-22(34)25(36)26(29)30/h7-9,12,15,17-18,22-23,26-27,34,37-38H,1,10-11,13-14,16H2,2-6H3/t17-,18-,22-,23+,26-,27-,28+,29-,30-/m0/s1. The molecule has 1 aliphatic heterocycles. The third-order valence-corrected chi connectivity index (χ3v) is 11.0. The minimum atomic E-state index is -1.10. The molecule has 5 rings (SSSR count). The number of ether oxygens (including phenoxy) is 2. The molecule has 1 aromatic rings. The second kappa shape index (κ2) is 9.99. The quantitative estimate of drug-likeness (QED) is 0.287. The van der Waals surface area contributed by atoms with Crippen LogP contribution in [0.3, 0.4) is 0 Å². The number of carbonyl (C=O) groups excluding carboxylic acids is 2. The number of aliphatic hydroxyl groups is 2. The van der Waals surface area contributed by atoms with E-state index in [2.05, 4.69) is 18.6 Å². The van der Waals surface area contributed by atoms with Crippen molar-refractivity contribution in [3.8, 4) is 5.75 Å². The van der Waals surface area contributed by atoms with Gasteiger partial charge in [0.1, 0.15) is 18.0 Å². The second-order valence-electron chi connectivity index (χ2n) is 13.0. The first-order valence-corrected chi connectivity index (χ1v) is 14.2. The first-order valence-electron chi connectivity index (χ1n) is 14.2. The molecule has 9 atom stereocenters. The molecule has 3 fully saturated rings. The Balaban J connectivity index is 1.44. The van der Waals surface area contributed by atoms with E-state index in [-0.39, 0.29) is 24.2 Å². The third kappa shape index (κ3) is 4.22. The molecular weight excluding hydrogens is 511 g/mol. The van der Waals surface area contributed by atoms with Crippen molar-refractivity contribution >= 4 is 30.5 Å². The Morgan fingerprint density at radius 3 is 2.70 bits per heavy atom. The van der Waals surface area contributed by atoms with Crippen molar-refractivity contribution in [1.82, 2.24) is 4.92 Å². The summed E-state index contributed by atoms with van der Waals surface area (Å²) in [5.74, 6) is -1.16. The number of nitrogens with zero attached hydrogens (tertiary/aromatic N) is 2. The van der Waals surface area contributed by atoms with Gasteiger partial charge in [-0.25, -0.2) is 4.79 Å². The van der Waals surface area contributed by atoms with Crippen molar-refractivity contribution in [2.75, 3.05) is 13.7 Å². The molecule has 4 aliphatic rings. The van der Waals surface area contributed by atoms with Crippen LogP contribution in [0.2, 0.25) is 0 Å². The average Bonchev–Trinajstić information content (AvgIpc) is 3.21. The number of rotatable bonds is 5. The van der Waals surface area contributed by atoms with E-state index in [1.165, 1.54) is 4.92 Å². The SMILES string of the molecule is C=C[C@]1(C)C[C@@H](OC(=O)COc2ccc3c(c2)B(O)N(C)N=C3)[C@@]2(C)[C@@H]3C(=O)[C@@H](O)C[C@@]3(CC[C@@H]2C)[C@@H](C)[C@@H]1O. The molecule has 0 radical (unpaired) electrons. The molecule has 1 aromatic carbocycles. The topological polar surface area (TPSA) is 129 Å². The number of benzene rings is 1. The van der Waals surface area contributed by atoms with Crippen molar-refractivity contribution in [2.45, 2.75) is 71.7 Å². The molecule has 0 aromatic heterocycles. The van der Waals surface area contributed by atoms with Gasteiger partial charge in [0, 0.05) is 23.8 Å². The molecule has 9 nitrogen and oxygen atoms in total. The summed E-state index contributed by atoms with van der Waals surface area (Å²) in [4.78, 5) is 28.4. The maximum atomic E-state index is 13.6. The van der Waals surface area contributed by atoms with Crippen molar-refractivity contribution in [3.05, 3.63) is 36.4 Å². The molecule has 0 spiro atoms. The maximum absolute atomic E-state index is 13.6. The molecule has 0 saturated heterocycles. The lowest BCUT2D eigenvalue weighted by Gasteiger charge is -2.61. The van der Waals surface area contributed by atoms with Crippen LogP contribution in [0.15, 0.2) is 36.0 Å². The van der Waals surface area contributed by atoms with Crippen LogP contribution in [0.1, 0.15) is 58.9 Å². The van der Waals surface area contributed by atoms with Crippen molar-refractivity contribution in [3.63, 3.8) is 0 Å². The number of hydrazone groups is 1. The minimum Gasteiger partial charge on any atom is -0.482 e. The second-order valence-corrected chi connectivity index (χ2v) is 13.0. The molecule has 0 amide bonds. The van der Waals surface area contributed by atoms with Crippen LogP contribution in [0.4, 0.5) is 0 Å². The van der Waals surface area contributed by atoms with Gasteiger partial charge < -0.3 is 29.6 Å². The van der Waals surface area contributed by atoms with Gasteiger partial charge in [-0.15, -0.1) is 6.58 Å². The fourth-order valence-corrected chi connectivity index (χ4v) is 8.22. The lowest BCUT2D eigenvalue weighted by Crippen LogP contribution is -2.63. The van der Waals surface area contributed by atoms with Gasteiger partial charge in [0.15, 0.2) is 12.4 Å². The number of aliphatic hydroxyl groups excluding tert-OH is 2. The van der Waals surface area contributed by atoms with E-state index in [0.29, 0.717) is 24.1 Å². The summed E-state index contributed by atoms with van der Waals surface area (Å²) in [6.45, 7) is 11.7. The first-order chi connectivity index (χ1) is 18.8. The summed E-state index contributed by atoms with van der Waals surface area (Å²) < 4.78 is 12.0. The molecule has 3 saturated carbocycles. The van der Waals surface area contributed by atoms with E-state index < -0.39 is 53.5 Å². The predicted octanol–water partition coefficient (Wildman–Crippen LogP) is 1.91. The van der Waals surface area contributed by atoms with Gasteiger partial charge in [-0.1, -0.05) is 39.8 Å². The Bertz CT molecular complexity index is 1240. The number of carbonyl (C=O) groups is 2. The number of ketones is 1. The largest absolute Gasteiger partial charge is 0.482 e. The van der Waals surface area contributed by atoms with E-state index >= 15 is 0 Å².